The van der Waals surface area contributed by atoms with Gasteiger partial charge in [-0.15, -0.1) is 0 Å². The number of amides is 1. The highest BCUT2D eigenvalue weighted by molar-refractivity contribution is 5.92. The zero-order valence-electron chi connectivity index (χ0n) is 12.1. The molecular formula is C17H17NO4. The van der Waals surface area contributed by atoms with Gasteiger partial charge >= 0.3 is 0 Å². The van der Waals surface area contributed by atoms with Crippen LogP contribution in [0.3, 0.4) is 0 Å². The van der Waals surface area contributed by atoms with Crippen molar-refractivity contribution in [1.29, 1.82) is 0 Å². The van der Waals surface area contributed by atoms with Crippen molar-refractivity contribution in [3.05, 3.63) is 48.2 Å². The molecule has 1 aromatic heterocycles. The smallest absolute Gasteiger partial charge is 0.290 e. The average molecular weight is 299 g/mol. The summed E-state index contributed by atoms with van der Waals surface area (Å²) in [6.45, 7) is 0.997. The molecule has 1 aliphatic heterocycles. The molecule has 2 aromatic rings. The van der Waals surface area contributed by atoms with Crippen LogP contribution in [0.1, 0.15) is 23.4 Å². The minimum atomic E-state index is -0.411. The fourth-order valence-electron chi connectivity index (χ4n) is 3.01. The third-order valence-corrected chi connectivity index (χ3v) is 4.54. The van der Waals surface area contributed by atoms with E-state index in [0.29, 0.717) is 18.8 Å². The van der Waals surface area contributed by atoms with E-state index in [0.717, 1.165) is 12.8 Å². The largest absolute Gasteiger partial charge is 0.426 e. The quantitative estimate of drug-likeness (QED) is 0.946. The Bertz CT molecular complexity index is 690. The Kier molecular flexibility index (Phi) is 2.97. The van der Waals surface area contributed by atoms with Crippen LogP contribution >= 0.6 is 0 Å². The summed E-state index contributed by atoms with van der Waals surface area (Å²) in [5.41, 5.74) is -0.0500. The number of hydrogen-bond acceptors (Lipinski definition) is 4. The number of carbonyl (C=O) groups is 1. The number of ether oxygens (including phenoxy) is 1. The van der Waals surface area contributed by atoms with Crippen LogP contribution in [0.2, 0.25) is 0 Å². The number of aliphatic hydroxyl groups excluding tert-OH is 1. The topological polar surface area (TPSA) is 62.9 Å². The summed E-state index contributed by atoms with van der Waals surface area (Å²) in [6, 6.07) is 12.5. The average Bonchev–Trinajstić information content (AvgIpc) is 3.04. The third kappa shape index (κ3) is 2.27. The molecule has 0 bridgehead atoms. The summed E-state index contributed by atoms with van der Waals surface area (Å²) < 4.78 is 11.0. The normalized spacial score (nSPS) is 22.0. The Balaban J connectivity index is 1.46. The number of carbonyl (C=O) groups excluding carboxylic acids is 1. The second-order valence-corrected chi connectivity index (χ2v) is 6.10. The van der Waals surface area contributed by atoms with Crippen LogP contribution in [0, 0.1) is 5.41 Å². The predicted octanol–water partition coefficient (Wildman–Crippen LogP) is 2.67. The van der Waals surface area contributed by atoms with Crippen molar-refractivity contribution < 1.29 is 19.1 Å². The van der Waals surface area contributed by atoms with Gasteiger partial charge in [0.05, 0.1) is 6.10 Å². The van der Waals surface area contributed by atoms with Crippen LogP contribution in [0.15, 0.2) is 46.9 Å². The van der Waals surface area contributed by atoms with Gasteiger partial charge in [0, 0.05) is 24.6 Å². The molecule has 5 nitrogen and oxygen atoms in total. The van der Waals surface area contributed by atoms with Gasteiger partial charge in [0.2, 0.25) is 0 Å². The molecule has 2 heterocycles. The van der Waals surface area contributed by atoms with E-state index in [1.54, 1.807) is 17.0 Å². The Morgan fingerprint density at radius 2 is 2.00 bits per heavy atom. The minimum Gasteiger partial charge on any atom is -0.426 e. The Labute approximate surface area is 128 Å². The molecule has 2 fully saturated rings. The fraction of sp³-hybridized carbons (Fsp3) is 0.353. The molecule has 1 atom stereocenters. The van der Waals surface area contributed by atoms with Crippen molar-refractivity contribution in [1.82, 2.24) is 4.90 Å². The van der Waals surface area contributed by atoms with Crippen LogP contribution in [-0.4, -0.2) is 35.1 Å². The van der Waals surface area contributed by atoms with E-state index in [1.165, 1.54) is 0 Å². The SMILES string of the molecule is O=C(c1ccc(Oc2ccccc2)o1)N1CC(O)C2(CC2)C1. The molecule has 1 saturated heterocycles. The minimum absolute atomic E-state index is 0.0500. The number of nitrogens with zero attached hydrogens (tertiary/aromatic N) is 1. The van der Waals surface area contributed by atoms with Gasteiger partial charge in [0.15, 0.2) is 5.76 Å². The van der Waals surface area contributed by atoms with E-state index in [4.69, 9.17) is 9.15 Å². The molecule has 1 aliphatic carbocycles. The van der Waals surface area contributed by atoms with E-state index < -0.39 is 6.10 Å². The number of aliphatic hydroxyl groups is 1. The first kappa shape index (κ1) is 13.4. The molecule has 1 amide bonds. The van der Waals surface area contributed by atoms with Crippen LogP contribution in [0.25, 0.3) is 0 Å². The monoisotopic (exact) mass is 299 g/mol. The van der Waals surface area contributed by atoms with Crippen molar-refractivity contribution in [2.45, 2.75) is 18.9 Å². The van der Waals surface area contributed by atoms with E-state index in [-0.39, 0.29) is 23.0 Å². The van der Waals surface area contributed by atoms with Gasteiger partial charge in [-0.25, -0.2) is 0 Å². The van der Waals surface area contributed by atoms with Crippen molar-refractivity contribution in [3.63, 3.8) is 0 Å². The third-order valence-electron chi connectivity index (χ3n) is 4.54. The van der Waals surface area contributed by atoms with E-state index in [2.05, 4.69) is 0 Å². The van der Waals surface area contributed by atoms with Gasteiger partial charge in [-0.2, -0.15) is 0 Å². The molecule has 4 rings (SSSR count). The molecule has 1 unspecified atom stereocenters. The fourth-order valence-corrected chi connectivity index (χ4v) is 3.01. The number of β-amino-alcohol motifs (C(OH)–C–C–N with tert-alkyl or cyclic N) is 1. The molecule has 0 radical (unpaired) electrons. The standard InChI is InChI=1S/C17H17NO4/c19-14-10-18(11-17(14)8-9-17)16(20)13-6-7-15(22-13)21-12-4-2-1-3-5-12/h1-7,14,19H,8-11H2. The number of para-hydroxylation sites is 1. The molecule has 22 heavy (non-hydrogen) atoms. The summed E-state index contributed by atoms with van der Waals surface area (Å²) in [7, 11) is 0. The molecule has 1 aromatic carbocycles. The summed E-state index contributed by atoms with van der Waals surface area (Å²) in [5, 5.41) is 10.0. The molecule has 114 valence electrons. The zero-order chi connectivity index (χ0) is 15.2. The molecule has 1 saturated carbocycles. The highest BCUT2D eigenvalue weighted by Crippen LogP contribution is 2.52. The van der Waals surface area contributed by atoms with Crippen molar-refractivity contribution >= 4 is 5.91 Å². The van der Waals surface area contributed by atoms with E-state index in [1.807, 2.05) is 30.3 Å². The first-order chi connectivity index (χ1) is 10.7. The molecule has 1 spiro atoms. The first-order valence-electron chi connectivity index (χ1n) is 7.46. The van der Waals surface area contributed by atoms with Gasteiger partial charge in [0.1, 0.15) is 5.75 Å². The Morgan fingerprint density at radius 1 is 1.23 bits per heavy atom. The lowest BCUT2D eigenvalue weighted by atomic mass is 10.0. The highest BCUT2D eigenvalue weighted by Gasteiger charge is 2.55. The zero-order valence-corrected chi connectivity index (χ0v) is 12.1. The predicted molar refractivity (Wildman–Crippen MR) is 78.8 cm³/mol. The van der Waals surface area contributed by atoms with Crippen molar-refractivity contribution in [2.75, 3.05) is 13.1 Å². The molecule has 2 aliphatic rings. The van der Waals surface area contributed by atoms with E-state index >= 15 is 0 Å². The Hall–Kier alpha value is -2.27. The lowest BCUT2D eigenvalue weighted by Crippen LogP contribution is -2.29. The van der Waals surface area contributed by atoms with Crippen LogP contribution in [-0.2, 0) is 0 Å². The number of hydrogen-bond donors (Lipinski definition) is 1. The number of benzene rings is 1. The second kappa shape index (κ2) is 4.88. The van der Waals surface area contributed by atoms with Gasteiger partial charge in [0.25, 0.3) is 11.9 Å². The van der Waals surface area contributed by atoms with Crippen LogP contribution < -0.4 is 4.74 Å². The number of furan rings is 1. The van der Waals surface area contributed by atoms with Gasteiger partial charge in [-0.3, -0.25) is 4.79 Å². The second-order valence-electron chi connectivity index (χ2n) is 6.10. The summed E-state index contributed by atoms with van der Waals surface area (Å²) >= 11 is 0. The van der Waals surface area contributed by atoms with E-state index in [9.17, 15) is 9.90 Å². The van der Waals surface area contributed by atoms with Crippen molar-refractivity contribution in [3.8, 4) is 11.7 Å². The maximum Gasteiger partial charge on any atom is 0.290 e. The molecule has 1 N–H and O–H groups in total. The van der Waals surface area contributed by atoms with Gasteiger partial charge in [-0.05, 0) is 31.0 Å². The number of likely N-dealkylation sites (tertiary alicyclic amines) is 1. The van der Waals surface area contributed by atoms with Gasteiger partial charge in [-0.1, -0.05) is 18.2 Å². The Morgan fingerprint density at radius 3 is 2.68 bits per heavy atom. The lowest BCUT2D eigenvalue weighted by molar-refractivity contribution is 0.0728. The lowest BCUT2D eigenvalue weighted by Gasteiger charge is -2.13. The molecule has 5 heteroatoms. The van der Waals surface area contributed by atoms with Crippen LogP contribution in [0.4, 0.5) is 0 Å². The summed E-state index contributed by atoms with van der Waals surface area (Å²) in [4.78, 5) is 14.1. The summed E-state index contributed by atoms with van der Waals surface area (Å²) in [6.07, 6.45) is 1.59. The van der Waals surface area contributed by atoms with Crippen LogP contribution in [0.5, 0.6) is 11.7 Å². The van der Waals surface area contributed by atoms with Crippen molar-refractivity contribution in [2.24, 2.45) is 5.41 Å². The maximum atomic E-state index is 12.4. The summed E-state index contributed by atoms with van der Waals surface area (Å²) in [5.74, 6) is 1.00. The molecular weight excluding hydrogens is 282 g/mol. The number of rotatable bonds is 3. The van der Waals surface area contributed by atoms with Gasteiger partial charge < -0.3 is 19.2 Å². The first-order valence-corrected chi connectivity index (χ1v) is 7.46. The highest BCUT2D eigenvalue weighted by atomic mass is 16.6. The maximum absolute atomic E-state index is 12.4.